The molecule has 0 spiro atoms. The molecule has 0 amide bonds. The first kappa shape index (κ1) is 19.7. The van der Waals surface area contributed by atoms with Crippen LogP contribution in [0.5, 0.6) is 0 Å². The zero-order chi connectivity index (χ0) is 21.3. The van der Waals surface area contributed by atoms with Gasteiger partial charge in [-0.25, -0.2) is 13.4 Å². The summed E-state index contributed by atoms with van der Waals surface area (Å²) in [7, 11) is -3.65. The van der Waals surface area contributed by atoms with Crippen molar-refractivity contribution in [1.29, 1.82) is 0 Å². The fourth-order valence-corrected chi connectivity index (χ4v) is 5.59. The third-order valence-corrected chi connectivity index (χ3v) is 7.47. The Bertz CT molecular complexity index is 1290. The van der Waals surface area contributed by atoms with Crippen LogP contribution in [0.25, 0.3) is 11.0 Å². The summed E-state index contributed by atoms with van der Waals surface area (Å²) in [5.74, 6) is 1.98. The van der Waals surface area contributed by atoms with Crippen LogP contribution < -0.4 is 10.2 Å². The summed E-state index contributed by atoms with van der Waals surface area (Å²) in [6, 6.07) is 14.3. The highest BCUT2D eigenvalue weighted by atomic mass is 32.2. The van der Waals surface area contributed by atoms with Crippen LogP contribution in [-0.2, 0) is 10.0 Å². The molecule has 0 bridgehead atoms. The van der Waals surface area contributed by atoms with Crippen molar-refractivity contribution in [3.63, 3.8) is 0 Å². The molecule has 0 aliphatic carbocycles. The van der Waals surface area contributed by atoms with E-state index >= 15 is 0 Å². The molecule has 5 rings (SSSR count). The summed E-state index contributed by atoms with van der Waals surface area (Å²) >= 11 is 1.01. The molecule has 0 saturated carbocycles. The van der Waals surface area contributed by atoms with E-state index in [1.54, 1.807) is 24.4 Å². The number of hydrogen-bond acceptors (Lipinski definition) is 10. The van der Waals surface area contributed by atoms with Gasteiger partial charge in [-0.15, -0.1) is 10.2 Å². The first-order valence-electron chi connectivity index (χ1n) is 9.59. The maximum atomic E-state index is 13.2. The minimum atomic E-state index is -3.65. The highest BCUT2D eigenvalue weighted by Crippen LogP contribution is 2.26. The molecule has 1 aliphatic rings. The van der Waals surface area contributed by atoms with Gasteiger partial charge < -0.3 is 10.2 Å². The van der Waals surface area contributed by atoms with Crippen LogP contribution in [-0.4, -0.2) is 62.8 Å². The van der Waals surface area contributed by atoms with Gasteiger partial charge in [0.05, 0.1) is 11.7 Å². The van der Waals surface area contributed by atoms with E-state index in [1.165, 1.54) is 4.31 Å². The van der Waals surface area contributed by atoms with Crippen LogP contribution in [0.4, 0.5) is 17.5 Å². The van der Waals surface area contributed by atoms with Gasteiger partial charge in [0, 0.05) is 32.4 Å². The third-order valence-electron chi connectivity index (χ3n) is 5.00. The zero-order valence-corrected chi connectivity index (χ0v) is 17.9. The Labute approximate surface area is 183 Å². The fraction of sp³-hybridized carbons (Fsp3) is 0.211. The predicted molar refractivity (Wildman–Crippen MR) is 118 cm³/mol. The number of sulfonamides is 1. The summed E-state index contributed by atoms with van der Waals surface area (Å²) in [5, 5.41) is 11.6. The lowest BCUT2D eigenvalue weighted by Crippen LogP contribution is -2.49. The van der Waals surface area contributed by atoms with Crippen molar-refractivity contribution in [2.75, 3.05) is 36.4 Å². The Morgan fingerprint density at radius 1 is 0.871 bits per heavy atom. The summed E-state index contributed by atoms with van der Waals surface area (Å²) in [4.78, 5) is 6.43. The molecule has 1 fully saturated rings. The Balaban J connectivity index is 1.26. The Morgan fingerprint density at radius 2 is 1.74 bits per heavy atom. The number of nitrogens with one attached hydrogen (secondary N) is 1. The smallest absolute Gasteiger partial charge is 0.245 e. The van der Waals surface area contributed by atoms with Crippen molar-refractivity contribution in [3.05, 3.63) is 54.7 Å². The molecule has 0 unspecified atom stereocenters. The fourth-order valence-electron chi connectivity index (χ4n) is 3.41. The quantitative estimate of drug-likeness (QED) is 0.484. The first-order valence-corrected chi connectivity index (χ1v) is 11.8. The Morgan fingerprint density at radius 3 is 2.48 bits per heavy atom. The molecule has 1 saturated heterocycles. The van der Waals surface area contributed by atoms with Crippen LogP contribution in [0.3, 0.4) is 0 Å². The van der Waals surface area contributed by atoms with Gasteiger partial charge in [0.15, 0.2) is 11.6 Å². The van der Waals surface area contributed by atoms with Gasteiger partial charge >= 0.3 is 0 Å². The largest absolute Gasteiger partial charge is 0.352 e. The SMILES string of the molecule is O=S(=O)(c1cccc2nsnc12)N1CCN(c2ccc(Nc3ccccn3)nn2)CC1. The summed E-state index contributed by atoms with van der Waals surface area (Å²) < 4.78 is 36.1. The van der Waals surface area contributed by atoms with E-state index in [2.05, 4.69) is 29.2 Å². The molecule has 31 heavy (non-hydrogen) atoms. The molecule has 3 aromatic heterocycles. The summed E-state index contributed by atoms with van der Waals surface area (Å²) in [6.07, 6.45) is 1.70. The van der Waals surface area contributed by atoms with Gasteiger partial charge in [-0.2, -0.15) is 13.1 Å². The second-order valence-corrected chi connectivity index (χ2v) is 9.33. The third kappa shape index (κ3) is 3.92. The van der Waals surface area contributed by atoms with Crippen molar-refractivity contribution >= 4 is 50.2 Å². The van der Waals surface area contributed by atoms with Gasteiger partial charge in [0.1, 0.15) is 21.7 Å². The molecule has 0 radical (unpaired) electrons. The lowest BCUT2D eigenvalue weighted by atomic mass is 10.3. The maximum absolute atomic E-state index is 13.2. The van der Waals surface area contributed by atoms with Crippen molar-refractivity contribution in [2.24, 2.45) is 0 Å². The maximum Gasteiger partial charge on any atom is 0.245 e. The van der Waals surface area contributed by atoms with Crippen molar-refractivity contribution in [1.82, 2.24) is 28.2 Å². The van der Waals surface area contributed by atoms with Crippen molar-refractivity contribution in [2.45, 2.75) is 4.90 Å². The minimum absolute atomic E-state index is 0.206. The molecule has 1 aromatic carbocycles. The Hall–Kier alpha value is -3.22. The van der Waals surface area contributed by atoms with Crippen molar-refractivity contribution in [3.8, 4) is 0 Å². The number of fused-ring (bicyclic) bond motifs is 1. The van der Waals surface area contributed by atoms with Crippen molar-refractivity contribution < 1.29 is 8.42 Å². The van der Waals surface area contributed by atoms with Gasteiger partial charge in [-0.1, -0.05) is 12.1 Å². The number of benzene rings is 1. The highest BCUT2D eigenvalue weighted by molar-refractivity contribution is 7.89. The number of hydrogen-bond donors (Lipinski definition) is 1. The number of aromatic nitrogens is 5. The molecule has 4 aromatic rings. The molecule has 1 aliphatic heterocycles. The monoisotopic (exact) mass is 454 g/mol. The molecular weight excluding hydrogens is 436 g/mol. The van der Waals surface area contributed by atoms with E-state index in [4.69, 9.17) is 0 Å². The van der Waals surface area contributed by atoms with Crippen LogP contribution in [0.15, 0.2) is 59.6 Å². The van der Waals surface area contributed by atoms with E-state index in [0.717, 1.165) is 11.7 Å². The summed E-state index contributed by atoms with van der Waals surface area (Å²) in [6.45, 7) is 1.75. The molecular formula is C19H18N8O2S2. The minimum Gasteiger partial charge on any atom is -0.352 e. The van der Waals surface area contributed by atoms with E-state index in [0.29, 0.717) is 54.7 Å². The zero-order valence-electron chi connectivity index (χ0n) is 16.3. The van der Waals surface area contributed by atoms with Crippen LogP contribution in [0.1, 0.15) is 0 Å². The average Bonchev–Trinajstić information content (AvgIpc) is 3.29. The lowest BCUT2D eigenvalue weighted by Gasteiger charge is -2.34. The van der Waals surface area contributed by atoms with Gasteiger partial charge in [-0.3, -0.25) is 0 Å². The number of pyridine rings is 1. The molecule has 4 heterocycles. The van der Waals surface area contributed by atoms with Gasteiger partial charge in [-0.05, 0) is 36.4 Å². The molecule has 10 nitrogen and oxygen atoms in total. The molecule has 1 N–H and O–H groups in total. The van der Waals surface area contributed by atoms with Crippen LogP contribution >= 0.6 is 11.7 Å². The van der Waals surface area contributed by atoms with Crippen LogP contribution in [0, 0.1) is 0 Å². The molecule has 0 atom stereocenters. The highest BCUT2D eigenvalue weighted by Gasteiger charge is 2.31. The molecule has 12 heteroatoms. The Kier molecular flexibility index (Phi) is 5.18. The molecule has 158 valence electrons. The number of rotatable bonds is 5. The second-order valence-electron chi connectivity index (χ2n) is 6.90. The summed E-state index contributed by atoms with van der Waals surface area (Å²) in [5.41, 5.74) is 1.02. The van der Waals surface area contributed by atoms with E-state index in [1.807, 2.05) is 35.2 Å². The van der Waals surface area contributed by atoms with Gasteiger partial charge in [0.25, 0.3) is 0 Å². The standard InChI is InChI=1S/C19H18N8O2S2/c28-31(29,15-5-3-4-14-19(15)25-30-24-14)27-12-10-26(11-13-27)18-8-7-17(22-23-18)21-16-6-1-2-9-20-16/h1-9H,10-13H2,(H,20,21,22). The number of piperazine rings is 1. The lowest BCUT2D eigenvalue weighted by molar-refractivity contribution is 0.384. The predicted octanol–water partition coefficient (Wildman–Crippen LogP) is 2.13. The first-order chi connectivity index (χ1) is 15.1. The van der Waals surface area contributed by atoms with Gasteiger partial charge in [0.2, 0.25) is 10.0 Å². The van der Waals surface area contributed by atoms with E-state index in [9.17, 15) is 8.42 Å². The van der Waals surface area contributed by atoms with Crippen LogP contribution in [0.2, 0.25) is 0 Å². The van der Waals surface area contributed by atoms with E-state index in [-0.39, 0.29) is 4.90 Å². The second kappa shape index (κ2) is 8.13. The average molecular weight is 455 g/mol. The number of anilines is 3. The topological polar surface area (TPSA) is 117 Å². The van der Waals surface area contributed by atoms with E-state index < -0.39 is 10.0 Å². The normalized spacial score (nSPS) is 15.3. The number of nitrogens with zero attached hydrogens (tertiary/aromatic N) is 7.